The van der Waals surface area contributed by atoms with Gasteiger partial charge in [-0.1, -0.05) is 0 Å². The maximum Gasteiger partial charge on any atom is 0.148 e. The van der Waals surface area contributed by atoms with E-state index in [9.17, 15) is 4.39 Å². The van der Waals surface area contributed by atoms with Gasteiger partial charge in [0.1, 0.15) is 17.3 Å². The highest BCUT2D eigenvalue weighted by atomic mass is 19.1. The minimum atomic E-state index is -0.306. The van der Waals surface area contributed by atoms with Gasteiger partial charge in [0, 0.05) is 18.8 Å². The summed E-state index contributed by atoms with van der Waals surface area (Å²) in [4.78, 5) is 4.13. The molecule has 0 saturated heterocycles. The van der Waals surface area contributed by atoms with Gasteiger partial charge in [0.2, 0.25) is 0 Å². The minimum Gasteiger partial charge on any atom is -0.455 e. The summed E-state index contributed by atoms with van der Waals surface area (Å²) in [5.74, 6) is 0.814. The number of pyridine rings is 1. The Hall–Kier alpha value is -1.94. The van der Waals surface area contributed by atoms with Crippen molar-refractivity contribution in [1.82, 2.24) is 10.3 Å². The molecule has 18 heavy (non-hydrogen) atoms. The number of ether oxygens (including phenoxy) is 1. The van der Waals surface area contributed by atoms with E-state index in [1.54, 1.807) is 12.3 Å². The molecule has 0 aliphatic rings. The van der Waals surface area contributed by atoms with Gasteiger partial charge in [0.05, 0.1) is 5.69 Å². The lowest BCUT2D eigenvalue weighted by Gasteiger charge is -2.09. The number of benzene rings is 1. The molecule has 2 aromatic rings. The Labute approximate surface area is 106 Å². The molecule has 1 N–H and O–H groups in total. The molecule has 0 aliphatic heterocycles. The number of hydrogen-bond donors (Lipinski definition) is 1. The van der Waals surface area contributed by atoms with E-state index in [1.165, 1.54) is 12.1 Å². The number of halogens is 1. The minimum absolute atomic E-state index is 0.306. The van der Waals surface area contributed by atoms with Gasteiger partial charge >= 0.3 is 0 Å². The first-order valence-electron chi connectivity index (χ1n) is 5.72. The maximum atomic E-state index is 13.4. The average Bonchev–Trinajstić information content (AvgIpc) is 2.32. The van der Waals surface area contributed by atoms with Crippen LogP contribution in [0.5, 0.6) is 11.5 Å². The Morgan fingerprint density at radius 3 is 2.89 bits per heavy atom. The Bertz CT molecular complexity index is 543. The highest BCUT2D eigenvalue weighted by Gasteiger charge is 2.05. The van der Waals surface area contributed by atoms with Crippen molar-refractivity contribution in [1.29, 1.82) is 0 Å². The summed E-state index contributed by atoms with van der Waals surface area (Å²) in [6, 6.07) is 8.26. The molecule has 0 bridgehead atoms. The van der Waals surface area contributed by atoms with Crippen LogP contribution in [0, 0.1) is 12.7 Å². The van der Waals surface area contributed by atoms with Gasteiger partial charge in [0.25, 0.3) is 0 Å². The lowest BCUT2D eigenvalue weighted by atomic mass is 10.2. The van der Waals surface area contributed by atoms with Crippen LogP contribution in [-0.2, 0) is 6.54 Å². The van der Waals surface area contributed by atoms with Crippen molar-refractivity contribution in [3.63, 3.8) is 0 Å². The van der Waals surface area contributed by atoms with Crippen LogP contribution in [0.25, 0.3) is 0 Å². The molecule has 2 rings (SSSR count). The van der Waals surface area contributed by atoms with Crippen molar-refractivity contribution in [2.24, 2.45) is 0 Å². The summed E-state index contributed by atoms with van der Waals surface area (Å²) < 4.78 is 19.1. The highest BCUT2D eigenvalue weighted by molar-refractivity contribution is 5.36. The summed E-state index contributed by atoms with van der Waals surface area (Å²) in [6.07, 6.45) is 1.69. The van der Waals surface area contributed by atoms with E-state index in [1.807, 2.05) is 26.1 Å². The number of hydrogen-bond acceptors (Lipinski definition) is 3. The van der Waals surface area contributed by atoms with Crippen molar-refractivity contribution < 1.29 is 9.13 Å². The summed E-state index contributed by atoms with van der Waals surface area (Å²) in [5, 5.41) is 2.98. The van der Waals surface area contributed by atoms with Crippen LogP contribution < -0.4 is 10.1 Å². The molecule has 1 aromatic carbocycles. The first-order valence-corrected chi connectivity index (χ1v) is 5.72. The SMILES string of the molecule is CNCc1cc(F)cc(Oc2cccnc2C)c1. The van der Waals surface area contributed by atoms with Gasteiger partial charge < -0.3 is 10.1 Å². The molecule has 0 atom stereocenters. The van der Waals surface area contributed by atoms with Crippen molar-refractivity contribution >= 4 is 0 Å². The zero-order chi connectivity index (χ0) is 13.0. The number of rotatable bonds is 4. The first-order chi connectivity index (χ1) is 8.69. The van der Waals surface area contributed by atoms with Crippen molar-refractivity contribution in [2.45, 2.75) is 13.5 Å². The first kappa shape index (κ1) is 12.5. The molecule has 94 valence electrons. The molecule has 0 radical (unpaired) electrons. The fraction of sp³-hybridized carbons (Fsp3) is 0.214. The zero-order valence-electron chi connectivity index (χ0n) is 10.4. The standard InChI is InChI=1S/C14H15FN2O/c1-10-14(4-3-5-17-10)18-13-7-11(9-16-2)6-12(15)8-13/h3-8,16H,9H2,1-2H3. The third-order valence-electron chi connectivity index (χ3n) is 2.50. The molecule has 0 spiro atoms. The van der Waals surface area contributed by atoms with E-state index >= 15 is 0 Å². The number of aromatic nitrogens is 1. The molecule has 0 fully saturated rings. The molecule has 0 aliphatic carbocycles. The molecule has 0 unspecified atom stereocenters. The van der Waals surface area contributed by atoms with E-state index in [2.05, 4.69) is 10.3 Å². The fourth-order valence-electron chi connectivity index (χ4n) is 1.69. The van der Waals surface area contributed by atoms with Crippen LogP contribution in [0.3, 0.4) is 0 Å². The van der Waals surface area contributed by atoms with Gasteiger partial charge in [-0.3, -0.25) is 4.98 Å². The van der Waals surface area contributed by atoms with Crippen LogP contribution in [0.4, 0.5) is 4.39 Å². The van der Waals surface area contributed by atoms with Gasteiger partial charge in [-0.25, -0.2) is 4.39 Å². The lowest BCUT2D eigenvalue weighted by Crippen LogP contribution is -2.05. The average molecular weight is 246 g/mol. The summed E-state index contributed by atoms with van der Waals surface area (Å²) in [5.41, 5.74) is 1.62. The molecule has 1 aromatic heterocycles. The maximum absolute atomic E-state index is 13.4. The van der Waals surface area contributed by atoms with Gasteiger partial charge in [0.15, 0.2) is 0 Å². The van der Waals surface area contributed by atoms with Crippen molar-refractivity contribution in [2.75, 3.05) is 7.05 Å². The molecule has 0 amide bonds. The molecule has 1 heterocycles. The summed E-state index contributed by atoms with van der Waals surface area (Å²) >= 11 is 0. The molecular formula is C14H15FN2O. The number of nitrogens with one attached hydrogen (secondary N) is 1. The predicted octanol–water partition coefficient (Wildman–Crippen LogP) is 3.04. The second-order valence-corrected chi connectivity index (χ2v) is 4.01. The second kappa shape index (κ2) is 5.60. The van der Waals surface area contributed by atoms with E-state index in [0.717, 1.165) is 11.3 Å². The van der Waals surface area contributed by atoms with Gasteiger partial charge in [-0.2, -0.15) is 0 Å². The molecule has 3 nitrogen and oxygen atoms in total. The van der Waals surface area contributed by atoms with E-state index in [4.69, 9.17) is 4.74 Å². The Kier molecular flexibility index (Phi) is 3.89. The van der Waals surface area contributed by atoms with E-state index < -0.39 is 0 Å². The summed E-state index contributed by atoms with van der Waals surface area (Å²) in [6.45, 7) is 2.45. The smallest absolute Gasteiger partial charge is 0.148 e. The van der Waals surface area contributed by atoms with Crippen LogP contribution >= 0.6 is 0 Å². The van der Waals surface area contributed by atoms with Crippen molar-refractivity contribution in [3.05, 3.63) is 53.6 Å². The summed E-state index contributed by atoms with van der Waals surface area (Å²) in [7, 11) is 1.82. The van der Waals surface area contributed by atoms with Crippen LogP contribution in [0.1, 0.15) is 11.3 Å². The molecular weight excluding hydrogens is 231 g/mol. The monoisotopic (exact) mass is 246 g/mol. The van der Waals surface area contributed by atoms with Crippen LogP contribution in [0.15, 0.2) is 36.5 Å². The van der Waals surface area contributed by atoms with E-state index in [-0.39, 0.29) is 5.82 Å². The van der Waals surface area contributed by atoms with Crippen LogP contribution in [0.2, 0.25) is 0 Å². The molecule has 4 heteroatoms. The lowest BCUT2D eigenvalue weighted by molar-refractivity contribution is 0.469. The third-order valence-corrected chi connectivity index (χ3v) is 2.50. The van der Waals surface area contributed by atoms with E-state index in [0.29, 0.717) is 18.0 Å². The largest absolute Gasteiger partial charge is 0.455 e. The quantitative estimate of drug-likeness (QED) is 0.900. The van der Waals surface area contributed by atoms with Crippen molar-refractivity contribution in [3.8, 4) is 11.5 Å². The van der Waals surface area contributed by atoms with Crippen LogP contribution in [-0.4, -0.2) is 12.0 Å². The zero-order valence-corrected chi connectivity index (χ0v) is 10.4. The second-order valence-electron chi connectivity index (χ2n) is 4.01. The molecule has 0 saturated carbocycles. The highest BCUT2D eigenvalue weighted by Crippen LogP contribution is 2.25. The number of aryl methyl sites for hydroxylation is 1. The van der Waals surface area contributed by atoms with Gasteiger partial charge in [-0.15, -0.1) is 0 Å². The normalized spacial score (nSPS) is 10.4. The third kappa shape index (κ3) is 3.05. The number of nitrogens with zero attached hydrogens (tertiary/aromatic N) is 1. The van der Waals surface area contributed by atoms with Gasteiger partial charge in [-0.05, 0) is 43.8 Å². The Morgan fingerprint density at radius 1 is 1.33 bits per heavy atom. The topological polar surface area (TPSA) is 34.1 Å². The predicted molar refractivity (Wildman–Crippen MR) is 68.2 cm³/mol. The Balaban J connectivity index is 2.26. The fourth-order valence-corrected chi connectivity index (χ4v) is 1.69. The Morgan fingerprint density at radius 2 is 2.17 bits per heavy atom.